The molecule has 0 radical (unpaired) electrons. The minimum absolute atomic E-state index is 0.000491. The lowest BCUT2D eigenvalue weighted by Crippen LogP contribution is -2.58. The van der Waals surface area contributed by atoms with Crippen LogP contribution in [0.5, 0.6) is 5.75 Å². The van der Waals surface area contributed by atoms with Gasteiger partial charge in [0.25, 0.3) is 5.91 Å². The summed E-state index contributed by atoms with van der Waals surface area (Å²) in [4.78, 5) is 61.7. The highest BCUT2D eigenvalue weighted by Gasteiger charge is 2.62. The lowest BCUT2D eigenvalue weighted by molar-refractivity contribution is -0.141. The quantitative estimate of drug-likeness (QED) is 0.240. The number of unbranched alkanes of at least 4 members (excludes halogenated alkanes) is 1. The maximum absolute atomic E-state index is 14.5. The zero-order valence-corrected chi connectivity index (χ0v) is 31.7. The molecule has 4 amide bonds. The second-order valence-electron chi connectivity index (χ2n) is 14.8. The number of benzene rings is 2. The lowest BCUT2D eigenvalue weighted by Gasteiger charge is -2.29. The summed E-state index contributed by atoms with van der Waals surface area (Å²) in [7, 11) is -3.90. The third-order valence-electron chi connectivity index (χ3n) is 10.8. The molecule has 0 unspecified atom stereocenters. The number of alkyl carbamates (subject to hydrolysis) is 1. The minimum atomic E-state index is -3.90. The first kappa shape index (κ1) is 38.1. The molecule has 2 aliphatic heterocycles. The van der Waals surface area contributed by atoms with Crippen molar-refractivity contribution in [3.05, 3.63) is 78.9 Å². The number of allylic oxidation sites excluding steroid dienone is 1. The molecule has 5 atom stereocenters. The number of sulfonamides is 1. The van der Waals surface area contributed by atoms with Crippen LogP contribution in [0.3, 0.4) is 0 Å². The molecule has 0 spiro atoms. The molecule has 3 fully saturated rings. The minimum Gasteiger partial charge on any atom is -0.488 e. The number of nitrogens with one attached hydrogen (secondary N) is 3. The zero-order valence-electron chi connectivity index (χ0n) is 30.9. The van der Waals surface area contributed by atoms with Crippen molar-refractivity contribution in [3.8, 4) is 17.0 Å². The van der Waals surface area contributed by atoms with Gasteiger partial charge < -0.3 is 25.0 Å². The van der Waals surface area contributed by atoms with Gasteiger partial charge >= 0.3 is 6.09 Å². The smallest absolute Gasteiger partial charge is 0.407 e. The monoisotopic (exact) mass is 769 g/mol. The van der Waals surface area contributed by atoms with Crippen molar-refractivity contribution in [1.29, 1.82) is 0 Å². The van der Waals surface area contributed by atoms with Crippen LogP contribution in [0.25, 0.3) is 28.2 Å². The van der Waals surface area contributed by atoms with Crippen LogP contribution < -0.4 is 20.1 Å². The molecule has 2 saturated carbocycles. The number of carbonyl (C=O) groups excluding carboxylic acids is 4. The first-order valence-corrected chi connectivity index (χ1v) is 20.6. The van der Waals surface area contributed by atoms with Gasteiger partial charge in [-0.25, -0.2) is 18.2 Å². The Kier molecular flexibility index (Phi) is 11.0. The second-order valence-corrected chi connectivity index (χ2v) is 16.8. The van der Waals surface area contributed by atoms with Gasteiger partial charge in [0, 0.05) is 29.4 Å². The van der Waals surface area contributed by atoms with E-state index in [1.807, 2.05) is 73.7 Å². The van der Waals surface area contributed by atoms with Gasteiger partial charge in [-0.2, -0.15) is 0 Å². The van der Waals surface area contributed by atoms with Gasteiger partial charge in [-0.15, -0.1) is 6.58 Å². The summed E-state index contributed by atoms with van der Waals surface area (Å²) >= 11 is 0. The van der Waals surface area contributed by atoms with Crippen LogP contribution in [0, 0.1) is 5.92 Å². The fraction of sp³-hybridized carbons (Fsp3) is 0.439. The predicted molar refractivity (Wildman–Crippen MR) is 207 cm³/mol. The van der Waals surface area contributed by atoms with Crippen LogP contribution >= 0.6 is 0 Å². The Labute approximate surface area is 321 Å². The highest BCUT2D eigenvalue weighted by Crippen LogP contribution is 2.45. The fourth-order valence-electron chi connectivity index (χ4n) is 7.38. The molecule has 1 saturated heterocycles. The van der Waals surface area contributed by atoms with E-state index in [1.165, 1.54) is 11.0 Å². The van der Waals surface area contributed by atoms with Gasteiger partial charge in [-0.1, -0.05) is 74.4 Å². The van der Waals surface area contributed by atoms with E-state index in [2.05, 4.69) is 21.9 Å². The summed E-state index contributed by atoms with van der Waals surface area (Å²) in [5.41, 5.74) is 1.66. The van der Waals surface area contributed by atoms with Gasteiger partial charge in [0.2, 0.25) is 21.8 Å². The SMILES string of the molecule is C=C[C@@H]1C[C@]1(NC(=O)[C@@H]1C[C@@H]2CN1C(=O)[C@H](CCCC)NC(=O)OCCC/C=C\c1ccc3nc(-c4ccccc4)cc(c3c1)O2)C(=O)NS(=O)(=O)C1CC1. The van der Waals surface area contributed by atoms with E-state index in [0.717, 1.165) is 22.9 Å². The van der Waals surface area contributed by atoms with Crippen LogP contribution in [0.2, 0.25) is 0 Å². The summed E-state index contributed by atoms with van der Waals surface area (Å²) in [5.74, 6) is -1.94. The van der Waals surface area contributed by atoms with Gasteiger partial charge in [0.15, 0.2) is 0 Å². The van der Waals surface area contributed by atoms with E-state index in [4.69, 9.17) is 14.5 Å². The van der Waals surface area contributed by atoms with Crippen molar-refractivity contribution in [2.75, 3.05) is 13.2 Å². The second kappa shape index (κ2) is 15.9. The zero-order chi connectivity index (χ0) is 38.7. The number of pyridine rings is 1. The third-order valence-corrected chi connectivity index (χ3v) is 12.6. The Bertz CT molecular complexity index is 2120. The summed E-state index contributed by atoms with van der Waals surface area (Å²) in [6, 6.07) is 15.3. The lowest BCUT2D eigenvalue weighted by atomic mass is 10.1. The Morgan fingerprint density at radius 1 is 1.13 bits per heavy atom. The molecule has 14 heteroatoms. The van der Waals surface area contributed by atoms with Crippen molar-refractivity contribution in [2.45, 2.75) is 93.7 Å². The van der Waals surface area contributed by atoms with Crippen LogP contribution in [-0.4, -0.2) is 84.2 Å². The molecule has 3 heterocycles. The van der Waals surface area contributed by atoms with Crippen molar-refractivity contribution in [3.63, 3.8) is 0 Å². The Balaban J connectivity index is 1.25. The van der Waals surface area contributed by atoms with Gasteiger partial charge in [-0.05, 0) is 56.2 Å². The number of amides is 4. The van der Waals surface area contributed by atoms with E-state index in [9.17, 15) is 27.6 Å². The van der Waals surface area contributed by atoms with Crippen molar-refractivity contribution in [1.82, 2.24) is 25.2 Å². The molecule has 7 rings (SSSR count). The maximum atomic E-state index is 14.5. The molecule has 2 aromatic carbocycles. The number of aromatic nitrogens is 1. The standard InChI is InChI=1S/C41H47N5O8S/c1-3-5-15-33-38(48)46-25-29(22-35(46)37(47)44-41(24-28(41)4-2)39(49)45-55(51,52)30-17-18-30)54-36-23-34(27-13-9-6-10-14-27)42-32-19-16-26(21-31(32)36)12-8-7-11-20-53-40(50)43-33/h4,6,8-10,12-14,16,19,21,23,28-30,33,35H,2-3,5,7,11,15,17-18,20,22,24-25H2,1H3,(H,43,50)(H,44,47)(H,45,49)/b12-8-/t28-,29-,33+,35+,41-/m1/s1. The normalized spacial score (nSPS) is 26.2. The average molecular weight is 770 g/mol. The number of rotatable bonds is 10. The summed E-state index contributed by atoms with van der Waals surface area (Å²) < 4.78 is 39.9. The molecule has 3 aromatic rings. The molecule has 55 heavy (non-hydrogen) atoms. The van der Waals surface area contributed by atoms with Gasteiger partial charge in [-0.3, -0.25) is 19.1 Å². The first-order valence-electron chi connectivity index (χ1n) is 19.1. The Hall–Kier alpha value is -5.24. The summed E-state index contributed by atoms with van der Waals surface area (Å²) in [6.07, 6.45) is 8.17. The van der Waals surface area contributed by atoms with Crippen molar-refractivity contribution >= 4 is 50.8 Å². The largest absolute Gasteiger partial charge is 0.488 e. The highest BCUT2D eigenvalue weighted by molar-refractivity contribution is 7.91. The van der Waals surface area contributed by atoms with Crippen LogP contribution in [0.4, 0.5) is 4.79 Å². The van der Waals surface area contributed by atoms with Crippen molar-refractivity contribution < 1.29 is 37.1 Å². The number of fused-ring (bicyclic) bond motifs is 3. The molecule has 1 aromatic heterocycles. The third kappa shape index (κ3) is 8.38. The Morgan fingerprint density at radius 2 is 1.93 bits per heavy atom. The van der Waals surface area contributed by atoms with E-state index in [0.29, 0.717) is 55.5 Å². The predicted octanol–water partition coefficient (Wildman–Crippen LogP) is 5.01. The van der Waals surface area contributed by atoms with E-state index < -0.39 is 68.7 Å². The van der Waals surface area contributed by atoms with Gasteiger partial charge in [0.1, 0.15) is 29.5 Å². The average Bonchev–Trinajstić information content (AvgIpc) is 4.11. The van der Waals surface area contributed by atoms with E-state index in [-0.39, 0.29) is 26.0 Å². The van der Waals surface area contributed by atoms with Gasteiger partial charge in [0.05, 0.1) is 29.6 Å². The molecule has 290 valence electrons. The topological polar surface area (TPSA) is 173 Å². The molecular weight excluding hydrogens is 723 g/mol. The maximum Gasteiger partial charge on any atom is 0.407 e. The molecule has 3 N–H and O–H groups in total. The number of hydrogen-bond donors (Lipinski definition) is 3. The number of ether oxygens (including phenoxy) is 2. The van der Waals surface area contributed by atoms with Crippen molar-refractivity contribution in [2.24, 2.45) is 5.92 Å². The number of carbonyl (C=O) groups is 4. The van der Waals surface area contributed by atoms with Crippen LogP contribution in [0.1, 0.15) is 70.3 Å². The molecular formula is C41H47N5O8S. The summed E-state index contributed by atoms with van der Waals surface area (Å²) in [6.45, 7) is 5.92. The molecule has 2 aliphatic carbocycles. The first-order chi connectivity index (χ1) is 26.5. The number of nitrogens with zero attached hydrogens (tertiary/aromatic N) is 2. The molecule has 13 nitrogen and oxygen atoms in total. The Morgan fingerprint density at radius 3 is 2.65 bits per heavy atom. The van der Waals surface area contributed by atoms with Crippen LogP contribution in [0.15, 0.2) is 73.3 Å². The number of cyclic esters (lactones) is 1. The highest BCUT2D eigenvalue weighted by atomic mass is 32.2. The van der Waals surface area contributed by atoms with E-state index >= 15 is 0 Å². The fourth-order valence-corrected chi connectivity index (χ4v) is 8.74. The van der Waals surface area contributed by atoms with E-state index in [1.54, 1.807) is 0 Å². The van der Waals surface area contributed by atoms with Crippen LogP contribution in [-0.2, 0) is 29.1 Å². The number of hydrogen-bond acceptors (Lipinski definition) is 9. The summed E-state index contributed by atoms with van der Waals surface area (Å²) in [5, 5.41) is 5.68. The molecule has 4 bridgehead atoms. The molecule has 4 aliphatic rings.